The molecule has 1 heteroatoms. The second-order valence-electron chi connectivity index (χ2n) is 4.58. The molecule has 0 bridgehead atoms. The van der Waals surface area contributed by atoms with Gasteiger partial charge in [0.15, 0.2) is 0 Å². The lowest BCUT2D eigenvalue weighted by Gasteiger charge is -2.13. The van der Waals surface area contributed by atoms with E-state index in [1.165, 1.54) is 55.8 Å². The molecule has 1 atom stereocenters. The van der Waals surface area contributed by atoms with Crippen molar-refractivity contribution in [2.24, 2.45) is 5.92 Å². The quantitative estimate of drug-likeness (QED) is 0.392. The minimum absolute atomic E-state index is 0.787. The van der Waals surface area contributed by atoms with Gasteiger partial charge in [-0.25, -0.2) is 0 Å². The van der Waals surface area contributed by atoms with Crippen molar-refractivity contribution in [3.63, 3.8) is 0 Å². The molecule has 1 aliphatic carbocycles. The second-order valence-corrected chi connectivity index (χ2v) is 5.49. The minimum Gasteiger partial charge on any atom is -0.103 e. The van der Waals surface area contributed by atoms with Crippen LogP contribution < -0.4 is 0 Å². The Bertz CT molecular complexity index is 250. The van der Waals surface area contributed by atoms with Crippen LogP contribution in [0.2, 0.25) is 0 Å². The van der Waals surface area contributed by atoms with Crippen molar-refractivity contribution >= 4 is 15.9 Å². The van der Waals surface area contributed by atoms with Gasteiger partial charge in [0.25, 0.3) is 0 Å². The van der Waals surface area contributed by atoms with Crippen LogP contribution in [-0.4, -0.2) is 0 Å². The number of rotatable bonds is 8. The lowest BCUT2D eigenvalue weighted by molar-refractivity contribution is 0.522. The molecule has 0 radical (unpaired) electrons. The Morgan fingerprint density at radius 1 is 1.25 bits per heavy atom. The molecule has 0 spiro atoms. The zero-order chi connectivity index (χ0) is 11.6. The van der Waals surface area contributed by atoms with Crippen LogP contribution in [0.1, 0.15) is 51.4 Å². The summed E-state index contributed by atoms with van der Waals surface area (Å²) in [6, 6.07) is 0. The Balaban J connectivity index is 1.92. The van der Waals surface area contributed by atoms with E-state index in [-0.39, 0.29) is 0 Å². The summed E-state index contributed by atoms with van der Waals surface area (Å²) in [5.74, 6) is 0.787. The van der Waals surface area contributed by atoms with Gasteiger partial charge in [0.1, 0.15) is 0 Å². The summed E-state index contributed by atoms with van der Waals surface area (Å²) in [6.45, 7) is 3.75. The lowest BCUT2D eigenvalue weighted by atomic mass is 9.94. The van der Waals surface area contributed by atoms with Gasteiger partial charge in [0.2, 0.25) is 0 Å². The summed E-state index contributed by atoms with van der Waals surface area (Å²) in [5, 5.41) is 0. The van der Waals surface area contributed by atoms with E-state index in [1.807, 2.05) is 6.08 Å². The average Bonchev–Trinajstić information content (AvgIpc) is 2.30. The second kappa shape index (κ2) is 8.81. The van der Waals surface area contributed by atoms with Crippen molar-refractivity contribution in [2.45, 2.75) is 51.4 Å². The molecular weight excluding hydrogens is 260 g/mol. The van der Waals surface area contributed by atoms with Gasteiger partial charge < -0.3 is 0 Å². The first-order valence-corrected chi connectivity index (χ1v) is 7.27. The molecule has 0 heterocycles. The van der Waals surface area contributed by atoms with Crippen molar-refractivity contribution < 1.29 is 0 Å². The molecule has 0 saturated heterocycles. The van der Waals surface area contributed by atoms with Gasteiger partial charge in [-0.2, -0.15) is 0 Å². The fraction of sp³-hybridized carbons (Fsp3) is 0.600. The Kier molecular flexibility index (Phi) is 7.58. The third-order valence-electron chi connectivity index (χ3n) is 3.13. The highest BCUT2D eigenvalue weighted by Crippen LogP contribution is 2.24. The van der Waals surface area contributed by atoms with Crippen molar-refractivity contribution in [1.82, 2.24) is 0 Å². The first-order chi connectivity index (χ1) is 7.83. The van der Waals surface area contributed by atoms with E-state index in [1.54, 1.807) is 0 Å². The highest BCUT2D eigenvalue weighted by molar-refractivity contribution is 9.11. The number of halogens is 1. The summed E-state index contributed by atoms with van der Waals surface area (Å²) in [5.41, 5.74) is 0. The van der Waals surface area contributed by atoms with E-state index < -0.39 is 0 Å². The van der Waals surface area contributed by atoms with E-state index in [9.17, 15) is 0 Å². The van der Waals surface area contributed by atoms with Gasteiger partial charge >= 0.3 is 0 Å². The minimum atomic E-state index is 0.787. The van der Waals surface area contributed by atoms with E-state index in [2.05, 4.69) is 40.7 Å². The normalized spacial score (nSPS) is 19.6. The first-order valence-electron chi connectivity index (χ1n) is 6.47. The van der Waals surface area contributed by atoms with Gasteiger partial charge in [0.05, 0.1) is 0 Å². The average molecular weight is 283 g/mol. The molecule has 0 aromatic heterocycles. The summed E-state index contributed by atoms with van der Waals surface area (Å²) >= 11 is 3.50. The standard InChI is InChI=1S/C15H23Br/c1-2-3-4-5-6-7-8-9-14-10-12-15(16)13-11-14/h2,10,12-14H,1,3-9,11H2. The van der Waals surface area contributed by atoms with E-state index in [4.69, 9.17) is 0 Å². The summed E-state index contributed by atoms with van der Waals surface area (Å²) < 4.78 is 1.24. The third kappa shape index (κ3) is 6.32. The zero-order valence-electron chi connectivity index (χ0n) is 10.1. The molecule has 0 aromatic carbocycles. The van der Waals surface area contributed by atoms with Crippen molar-refractivity contribution in [2.75, 3.05) is 0 Å². The zero-order valence-corrected chi connectivity index (χ0v) is 11.7. The molecule has 0 aliphatic heterocycles. The fourth-order valence-corrected chi connectivity index (χ4v) is 2.42. The van der Waals surface area contributed by atoms with Crippen LogP contribution in [0.15, 0.2) is 35.4 Å². The van der Waals surface area contributed by atoms with Gasteiger partial charge in [-0.1, -0.05) is 65.9 Å². The summed E-state index contributed by atoms with van der Waals surface area (Å²) in [6.07, 6.45) is 19.5. The molecule has 0 nitrogen and oxygen atoms in total. The Labute approximate surface area is 109 Å². The van der Waals surface area contributed by atoms with Gasteiger partial charge in [-0.05, 0) is 31.6 Å². The summed E-state index contributed by atoms with van der Waals surface area (Å²) in [7, 11) is 0. The topological polar surface area (TPSA) is 0 Å². The molecule has 1 aliphatic rings. The maximum Gasteiger partial charge on any atom is 0.0132 e. The smallest absolute Gasteiger partial charge is 0.0132 e. The number of allylic oxidation sites excluding steroid dienone is 5. The van der Waals surface area contributed by atoms with Crippen LogP contribution in [0.25, 0.3) is 0 Å². The molecular formula is C15H23Br. The van der Waals surface area contributed by atoms with Crippen LogP contribution in [0.3, 0.4) is 0 Å². The molecule has 0 saturated carbocycles. The third-order valence-corrected chi connectivity index (χ3v) is 3.71. The van der Waals surface area contributed by atoms with Gasteiger partial charge in [0, 0.05) is 4.48 Å². The predicted molar refractivity (Wildman–Crippen MR) is 76.8 cm³/mol. The molecule has 0 N–H and O–H groups in total. The van der Waals surface area contributed by atoms with E-state index in [0.29, 0.717) is 0 Å². The molecule has 16 heavy (non-hydrogen) atoms. The predicted octanol–water partition coefficient (Wildman–Crippen LogP) is 5.76. The maximum absolute atomic E-state index is 3.75. The van der Waals surface area contributed by atoms with E-state index in [0.717, 1.165) is 5.92 Å². The largest absolute Gasteiger partial charge is 0.103 e. The lowest BCUT2D eigenvalue weighted by Crippen LogP contribution is -1.98. The van der Waals surface area contributed by atoms with Gasteiger partial charge in [-0.3, -0.25) is 0 Å². The molecule has 90 valence electrons. The monoisotopic (exact) mass is 282 g/mol. The Morgan fingerprint density at radius 3 is 2.69 bits per heavy atom. The van der Waals surface area contributed by atoms with Crippen molar-refractivity contribution in [3.05, 3.63) is 35.4 Å². The van der Waals surface area contributed by atoms with Gasteiger partial charge in [-0.15, -0.1) is 6.58 Å². The SMILES string of the molecule is C=CCCCCCCCC1C=CC(Br)=CC1. The van der Waals surface area contributed by atoms with Crippen LogP contribution in [0.5, 0.6) is 0 Å². The molecule has 0 fully saturated rings. The number of unbranched alkanes of at least 4 members (excludes halogenated alkanes) is 5. The van der Waals surface area contributed by atoms with Crippen LogP contribution in [0.4, 0.5) is 0 Å². The maximum atomic E-state index is 3.75. The Morgan fingerprint density at radius 2 is 2.00 bits per heavy atom. The fourth-order valence-electron chi connectivity index (χ4n) is 2.08. The van der Waals surface area contributed by atoms with Crippen molar-refractivity contribution in [3.8, 4) is 0 Å². The summed E-state index contributed by atoms with van der Waals surface area (Å²) in [4.78, 5) is 0. The highest BCUT2D eigenvalue weighted by atomic mass is 79.9. The number of hydrogen-bond donors (Lipinski definition) is 0. The number of hydrogen-bond acceptors (Lipinski definition) is 0. The van der Waals surface area contributed by atoms with Crippen molar-refractivity contribution in [1.29, 1.82) is 0 Å². The van der Waals surface area contributed by atoms with Crippen LogP contribution in [0, 0.1) is 5.92 Å². The van der Waals surface area contributed by atoms with E-state index >= 15 is 0 Å². The molecule has 0 amide bonds. The first kappa shape index (κ1) is 13.8. The van der Waals surface area contributed by atoms with Crippen LogP contribution in [-0.2, 0) is 0 Å². The Hall–Kier alpha value is -0.300. The molecule has 0 aromatic rings. The molecule has 1 unspecified atom stereocenters. The molecule has 1 rings (SSSR count). The highest BCUT2D eigenvalue weighted by Gasteiger charge is 2.06. The van der Waals surface area contributed by atoms with Crippen LogP contribution >= 0.6 is 15.9 Å².